The van der Waals surface area contributed by atoms with Gasteiger partial charge in [0.05, 0.1) is 17.1 Å². The molecule has 2 aliphatic rings. The number of hydrogen-bond donors (Lipinski definition) is 1. The third kappa shape index (κ3) is 5.25. The van der Waals surface area contributed by atoms with E-state index in [0.717, 1.165) is 24.2 Å². The van der Waals surface area contributed by atoms with Crippen molar-refractivity contribution in [1.82, 2.24) is 9.88 Å². The van der Waals surface area contributed by atoms with Crippen molar-refractivity contribution in [3.05, 3.63) is 216 Å². The lowest BCUT2D eigenvalue weighted by molar-refractivity contribution is 0.755. The number of nitrogens with zero attached hydrogens (tertiary/aromatic N) is 1. The zero-order valence-corrected chi connectivity index (χ0v) is 30.4. The van der Waals surface area contributed by atoms with Crippen LogP contribution in [0.1, 0.15) is 30.0 Å². The van der Waals surface area contributed by atoms with Gasteiger partial charge >= 0.3 is 0 Å². The number of hydrogen-bond acceptors (Lipinski definition) is 1. The summed E-state index contributed by atoms with van der Waals surface area (Å²) in [5, 5.41) is 14.2. The zero-order chi connectivity index (χ0) is 36.3. The Bertz CT molecular complexity index is 3080. The van der Waals surface area contributed by atoms with Crippen LogP contribution in [0.5, 0.6) is 0 Å². The molecule has 1 N–H and O–H groups in total. The summed E-state index contributed by atoms with van der Waals surface area (Å²) < 4.78 is 2.49. The van der Waals surface area contributed by atoms with Crippen molar-refractivity contribution >= 4 is 59.8 Å². The summed E-state index contributed by atoms with van der Waals surface area (Å²) in [4.78, 5) is 0. The van der Waals surface area contributed by atoms with Crippen LogP contribution in [0.4, 0.5) is 0 Å². The maximum absolute atomic E-state index is 3.92. The van der Waals surface area contributed by atoms with Gasteiger partial charge in [0.25, 0.3) is 0 Å². The first-order valence-electron chi connectivity index (χ1n) is 19.4. The largest absolute Gasteiger partial charge is 0.374 e. The van der Waals surface area contributed by atoms with E-state index in [1.54, 1.807) is 0 Å². The zero-order valence-electron chi connectivity index (χ0n) is 30.4. The molecule has 8 aromatic carbocycles. The van der Waals surface area contributed by atoms with Crippen LogP contribution in [0, 0.1) is 0 Å². The van der Waals surface area contributed by atoms with Crippen molar-refractivity contribution in [3.8, 4) is 16.8 Å². The lowest BCUT2D eigenvalue weighted by Crippen LogP contribution is -2.22. The molecule has 1 aromatic heterocycles. The van der Waals surface area contributed by atoms with Crippen molar-refractivity contribution < 1.29 is 0 Å². The third-order valence-corrected chi connectivity index (χ3v) is 11.7. The Hall–Kier alpha value is -6.90. The van der Waals surface area contributed by atoms with Gasteiger partial charge in [-0.25, -0.2) is 0 Å². The molecular weight excluding hydrogens is 665 g/mol. The van der Waals surface area contributed by atoms with Crippen LogP contribution >= 0.6 is 0 Å². The molecule has 2 nitrogen and oxygen atoms in total. The maximum atomic E-state index is 3.92. The minimum atomic E-state index is 0.0268. The SMILES string of the molecule is C1=CCCC(C2=CC(c3ccc(-n4c5ccccc5c5c6c7ccccc7ccc6c6ccccc6c54)cc3)NC(c3ccc(-c4ccccc4)cc3)=C2)=C1. The quantitative estimate of drug-likeness (QED) is 0.177. The molecule has 1 atom stereocenters. The number of aromatic nitrogens is 1. The third-order valence-electron chi connectivity index (χ3n) is 11.7. The summed E-state index contributed by atoms with van der Waals surface area (Å²) in [6.45, 7) is 0. The Morgan fingerprint density at radius 2 is 1.22 bits per heavy atom. The first-order chi connectivity index (χ1) is 27.3. The van der Waals surface area contributed by atoms with Crippen LogP contribution in [0.25, 0.3) is 76.6 Å². The molecule has 0 bridgehead atoms. The fourth-order valence-corrected chi connectivity index (χ4v) is 9.03. The normalized spacial score (nSPS) is 15.7. The van der Waals surface area contributed by atoms with E-state index in [4.69, 9.17) is 0 Å². The summed E-state index contributed by atoms with van der Waals surface area (Å²) in [7, 11) is 0. The molecular formula is C53H38N2. The fourth-order valence-electron chi connectivity index (χ4n) is 9.03. The van der Waals surface area contributed by atoms with Gasteiger partial charge in [-0.2, -0.15) is 0 Å². The summed E-state index contributed by atoms with van der Waals surface area (Å²) in [6.07, 6.45) is 13.6. The van der Waals surface area contributed by atoms with Crippen molar-refractivity contribution in [3.63, 3.8) is 0 Å². The van der Waals surface area contributed by atoms with Crippen molar-refractivity contribution in [2.75, 3.05) is 0 Å². The average molecular weight is 703 g/mol. The molecule has 1 aliphatic carbocycles. The van der Waals surface area contributed by atoms with E-state index >= 15 is 0 Å². The Kier molecular flexibility index (Phi) is 7.41. The van der Waals surface area contributed by atoms with Crippen LogP contribution in [0.15, 0.2) is 205 Å². The second-order valence-corrected chi connectivity index (χ2v) is 14.8. The first kappa shape index (κ1) is 31.6. The molecule has 9 aromatic rings. The van der Waals surface area contributed by atoms with Gasteiger partial charge in [0.15, 0.2) is 0 Å². The molecule has 0 amide bonds. The Labute approximate surface area is 320 Å². The predicted octanol–water partition coefficient (Wildman–Crippen LogP) is 13.8. The van der Waals surface area contributed by atoms with Gasteiger partial charge < -0.3 is 9.88 Å². The van der Waals surface area contributed by atoms with E-state index in [1.807, 2.05) is 0 Å². The molecule has 0 saturated carbocycles. The van der Waals surface area contributed by atoms with E-state index in [9.17, 15) is 0 Å². The van der Waals surface area contributed by atoms with Gasteiger partial charge in [0.1, 0.15) is 0 Å². The van der Waals surface area contributed by atoms with Crippen molar-refractivity contribution in [1.29, 1.82) is 0 Å². The summed E-state index contributed by atoms with van der Waals surface area (Å²) in [5.74, 6) is 0. The van der Waals surface area contributed by atoms with E-state index in [1.165, 1.54) is 87.5 Å². The van der Waals surface area contributed by atoms with Crippen LogP contribution < -0.4 is 5.32 Å². The molecule has 1 unspecified atom stereocenters. The first-order valence-corrected chi connectivity index (χ1v) is 19.4. The molecule has 2 heteroatoms. The number of fused-ring (bicyclic) bond motifs is 10. The second-order valence-electron chi connectivity index (χ2n) is 14.8. The Balaban J connectivity index is 1.05. The molecule has 1 aliphatic heterocycles. The lowest BCUT2D eigenvalue weighted by Gasteiger charge is -2.27. The number of para-hydroxylation sites is 1. The number of benzene rings is 8. The van der Waals surface area contributed by atoms with Gasteiger partial charge in [0, 0.05) is 32.9 Å². The minimum Gasteiger partial charge on any atom is -0.374 e. The van der Waals surface area contributed by atoms with E-state index in [0.29, 0.717) is 0 Å². The van der Waals surface area contributed by atoms with Crippen LogP contribution in [-0.2, 0) is 0 Å². The highest BCUT2D eigenvalue weighted by molar-refractivity contribution is 6.36. The van der Waals surface area contributed by atoms with Gasteiger partial charge in [-0.3, -0.25) is 0 Å². The molecule has 0 radical (unpaired) electrons. The number of nitrogens with one attached hydrogen (secondary N) is 1. The second kappa shape index (κ2) is 12.9. The molecule has 55 heavy (non-hydrogen) atoms. The summed E-state index contributed by atoms with van der Waals surface area (Å²) in [6, 6.07) is 60.1. The van der Waals surface area contributed by atoms with Crippen LogP contribution in [-0.4, -0.2) is 4.57 Å². The van der Waals surface area contributed by atoms with E-state index in [-0.39, 0.29) is 6.04 Å². The number of rotatable bonds is 5. The monoisotopic (exact) mass is 702 g/mol. The van der Waals surface area contributed by atoms with Gasteiger partial charge in [-0.1, -0.05) is 170 Å². The van der Waals surface area contributed by atoms with Gasteiger partial charge in [-0.15, -0.1) is 0 Å². The summed E-state index contributed by atoms with van der Waals surface area (Å²) in [5.41, 5.74) is 12.4. The van der Waals surface area contributed by atoms with Crippen LogP contribution in [0.2, 0.25) is 0 Å². The predicted molar refractivity (Wildman–Crippen MR) is 234 cm³/mol. The smallest absolute Gasteiger partial charge is 0.0707 e. The summed E-state index contributed by atoms with van der Waals surface area (Å²) >= 11 is 0. The number of allylic oxidation sites excluding steroid dienone is 6. The minimum absolute atomic E-state index is 0.0268. The van der Waals surface area contributed by atoms with Gasteiger partial charge in [0.2, 0.25) is 0 Å². The maximum Gasteiger partial charge on any atom is 0.0707 e. The van der Waals surface area contributed by atoms with E-state index < -0.39 is 0 Å². The van der Waals surface area contributed by atoms with Gasteiger partial charge in [-0.05, 0) is 92.1 Å². The standard InChI is InChI=1S/C53H38N2/c1-3-13-35(14-4-1)37-23-25-39(26-24-37)48-33-41(36-15-5-2-6-16-36)34-49(54-48)40-27-30-42(31-28-40)55-50-22-12-11-21-47(50)52-51-43-18-8-7-17-38(43)29-32-45(51)44-19-9-10-20-46(44)53(52)55/h1-5,7-15,17-34,49,54H,6,16H2. The highest BCUT2D eigenvalue weighted by atomic mass is 15.0. The molecule has 260 valence electrons. The topological polar surface area (TPSA) is 17.0 Å². The molecule has 11 rings (SSSR count). The molecule has 0 fully saturated rings. The van der Waals surface area contributed by atoms with Crippen molar-refractivity contribution in [2.45, 2.75) is 18.9 Å². The number of dihydropyridines is 1. The van der Waals surface area contributed by atoms with E-state index in [2.05, 4.69) is 204 Å². The molecule has 0 spiro atoms. The van der Waals surface area contributed by atoms with Crippen molar-refractivity contribution in [2.24, 2.45) is 0 Å². The average Bonchev–Trinajstić information content (AvgIpc) is 3.62. The highest BCUT2D eigenvalue weighted by Gasteiger charge is 2.22. The fraction of sp³-hybridized carbons (Fsp3) is 0.0566. The molecule has 0 saturated heterocycles. The Morgan fingerprint density at radius 1 is 0.527 bits per heavy atom. The molecule has 2 heterocycles. The lowest BCUT2D eigenvalue weighted by atomic mass is 9.89. The van der Waals surface area contributed by atoms with Crippen LogP contribution in [0.3, 0.4) is 0 Å². The Morgan fingerprint density at radius 3 is 2.02 bits per heavy atom. The highest BCUT2D eigenvalue weighted by Crippen LogP contribution is 2.45.